The molecule has 0 atom stereocenters. The summed E-state index contributed by atoms with van der Waals surface area (Å²) >= 11 is 0. The van der Waals surface area contributed by atoms with E-state index in [0.717, 1.165) is 5.56 Å². The number of methoxy groups -OCH3 is 1. The number of benzene rings is 2. The molecule has 5 rings (SSSR count). The summed E-state index contributed by atoms with van der Waals surface area (Å²) in [5.74, 6) is 0.0866. The molecule has 0 aliphatic heterocycles. The highest BCUT2D eigenvalue weighted by atomic mass is 16.5. The van der Waals surface area contributed by atoms with E-state index in [4.69, 9.17) is 9.15 Å². The number of hydrogen-bond acceptors (Lipinski definition) is 6. The van der Waals surface area contributed by atoms with Gasteiger partial charge in [0.25, 0.3) is 0 Å². The van der Waals surface area contributed by atoms with Crippen molar-refractivity contribution in [1.29, 1.82) is 0 Å². The van der Waals surface area contributed by atoms with Gasteiger partial charge in [-0.1, -0.05) is 12.1 Å². The summed E-state index contributed by atoms with van der Waals surface area (Å²) in [6, 6.07) is 14.1. The minimum Gasteiger partial charge on any atom is -0.495 e. The predicted octanol–water partition coefficient (Wildman–Crippen LogP) is 2.95. The number of aromatic nitrogens is 4. The molecule has 0 saturated carbocycles. The summed E-state index contributed by atoms with van der Waals surface area (Å²) in [7, 11) is 1.52. The smallest absolute Gasteiger partial charge is 0.420 e. The van der Waals surface area contributed by atoms with E-state index in [2.05, 4.69) is 15.3 Å². The van der Waals surface area contributed by atoms with Crippen LogP contribution in [0.2, 0.25) is 0 Å². The Hall–Kier alpha value is -4.40. The molecule has 3 heterocycles. The number of oxazole rings is 1. The maximum Gasteiger partial charge on any atom is 0.420 e. The first kappa shape index (κ1) is 18.6. The van der Waals surface area contributed by atoms with Gasteiger partial charge in [-0.15, -0.1) is 0 Å². The number of carbonyl (C=O) groups is 1. The molecule has 3 aromatic heterocycles. The fourth-order valence-electron chi connectivity index (χ4n) is 3.43. The second-order valence-electron chi connectivity index (χ2n) is 6.84. The second kappa shape index (κ2) is 7.45. The molecular weight excluding hydrogens is 398 g/mol. The van der Waals surface area contributed by atoms with E-state index in [-0.39, 0.29) is 12.5 Å². The molecule has 0 spiro atoms. The van der Waals surface area contributed by atoms with Crippen LogP contribution in [0.15, 0.2) is 76.3 Å². The zero-order valence-electron chi connectivity index (χ0n) is 16.5. The number of fused-ring (bicyclic) bond motifs is 2. The van der Waals surface area contributed by atoms with Gasteiger partial charge in [0, 0.05) is 24.2 Å². The molecule has 0 aliphatic carbocycles. The third-order valence-corrected chi connectivity index (χ3v) is 4.88. The lowest BCUT2D eigenvalue weighted by Crippen LogP contribution is -2.25. The van der Waals surface area contributed by atoms with Gasteiger partial charge < -0.3 is 14.5 Å². The Kier molecular flexibility index (Phi) is 4.47. The van der Waals surface area contributed by atoms with Crippen molar-refractivity contribution >= 4 is 28.5 Å². The summed E-state index contributed by atoms with van der Waals surface area (Å²) in [6.45, 7) is -0.193. The number of hydrogen-bond donors (Lipinski definition) is 1. The molecule has 1 amide bonds. The lowest BCUT2D eigenvalue weighted by molar-refractivity contribution is -0.116. The van der Waals surface area contributed by atoms with Crippen LogP contribution >= 0.6 is 0 Å². The fraction of sp³-hybridized carbons (Fsp3) is 0.0909. The lowest BCUT2D eigenvalue weighted by Gasteiger charge is -2.12. The maximum absolute atomic E-state index is 12.7. The molecule has 9 nitrogen and oxygen atoms in total. The molecule has 31 heavy (non-hydrogen) atoms. The van der Waals surface area contributed by atoms with Gasteiger partial charge in [0.1, 0.15) is 12.3 Å². The number of nitrogens with one attached hydrogen (secondary N) is 1. The Balaban J connectivity index is 1.45. The number of carbonyl (C=O) groups excluding carboxylic acids is 1. The summed E-state index contributed by atoms with van der Waals surface area (Å²) in [5.41, 5.74) is 2.94. The van der Waals surface area contributed by atoms with Crippen LogP contribution in [0.1, 0.15) is 0 Å². The van der Waals surface area contributed by atoms with Gasteiger partial charge in [-0.05, 0) is 36.4 Å². The van der Waals surface area contributed by atoms with Gasteiger partial charge in [0.15, 0.2) is 5.58 Å². The van der Waals surface area contributed by atoms with Crippen molar-refractivity contribution in [2.45, 2.75) is 6.54 Å². The van der Waals surface area contributed by atoms with Crippen molar-refractivity contribution in [1.82, 2.24) is 18.9 Å². The highest BCUT2D eigenvalue weighted by Crippen LogP contribution is 2.30. The quantitative estimate of drug-likeness (QED) is 0.473. The van der Waals surface area contributed by atoms with E-state index < -0.39 is 5.76 Å². The van der Waals surface area contributed by atoms with Crippen LogP contribution in [0.25, 0.3) is 28.1 Å². The SMILES string of the molecule is COc1ccc(-c2cn3cccnc3n2)cc1NC(=O)Cn1c(=O)oc2ccccc21. The molecule has 0 aliphatic rings. The van der Waals surface area contributed by atoms with Crippen molar-refractivity contribution < 1.29 is 13.9 Å². The highest BCUT2D eigenvalue weighted by Gasteiger charge is 2.15. The van der Waals surface area contributed by atoms with Crippen LogP contribution in [-0.4, -0.2) is 32.0 Å². The van der Waals surface area contributed by atoms with Crippen LogP contribution < -0.4 is 15.8 Å². The minimum absolute atomic E-state index is 0.193. The molecule has 154 valence electrons. The summed E-state index contributed by atoms with van der Waals surface area (Å²) in [4.78, 5) is 33.6. The van der Waals surface area contributed by atoms with E-state index in [1.165, 1.54) is 11.7 Å². The van der Waals surface area contributed by atoms with Gasteiger partial charge >= 0.3 is 5.76 Å². The monoisotopic (exact) mass is 415 g/mol. The van der Waals surface area contributed by atoms with Crippen molar-refractivity contribution in [3.8, 4) is 17.0 Å². The minimum atomic E-state index is -0.589. The fourth-order valence-corrected chi connectivity index (χ4v) is 3.43. The molecule has 5 aromatic rings. The molecule has 0 saturated heterocycles. The van der Waals surface area contributed by atoms with E-state index >= 15 is 0 Å². The molecule has 0 fully saturated rings. The zero-order chi connectivity index (χ0) is 21.4. The van der Waals surface area contributed by atoms with Crippen LogP contribution in [0.5, 0.6) is 5.75 Å². The Morgan fingerprint density at radius 3 is 2.90 bits per heavy atom. The number of anilines is 1. The lowest BCUT2D eigenvalue weighted by atomic mass is 10.1. The van der Waals surface area contributed by atoms with Crippen molar-refractivity contribution in [2.75, 3.05) is 12.4 Å². The van der Waals surface area contributed by atoms with E-state index in [1.807, 2.05) is 28.9 Å². The Labute approximate surface area is 175 Å². The summed E-state index contributed by atoms with van der Waals surface area (Å²) in [5, 5.41) is 2.82. The normalized spacial score (nSPS) is 11.1. The second-order valence-corrected chi connectivity index (χ2v) is 6.84. The van der Waals surface area contributed by atoms with Crippen molar-refractivity contribution in [3.63, 3.8) is 0 Å². The number of nitrogens with zero attached hydrogens (tertiary/aromatic N) is 4. The molecule has 2 aromatic carbocycles. The molecule has 0 bridgehead atoms. The number of imidazole rings is 1. The van der Waals surface area contributed by atoms with Gasteiger partial charge in [-0.25, -0.2) is 14.8 Å². The Morgan fingerprint density at radius 2 is 2.06 bits per heavy atom. The highest BCUT2D eigenvalue weighted by molar-refractivity contribution is 5.93. The third kappa shape index (κ3) is 3.42. The molecule has 1 N–H and O–H groups in total. The average Bonchev–Trinajstić information content (AvgIpc) is 3.35. The topological polar surface area (TPSA) is 104 Å². The Bertz CT molecular complexity index is 1450. The van der Waals surface area contributed by atoms with Crippen LogP contribution in [0, 0.1) is 0 Å². The molecule has 0 radical (unpaired) electrons. The van der Waals surface area contributed by atoms with Gasteiger partial charge in [-0.2, -0.15) is 0 Å². The van der Waals surface area contributed by atoms with E-state index in [0.29, 0.717) is 34.0 Å². The first-order valence-corrected chi connectivity index (χ1v) is 9.49. The van der Waals surface area contributed by atoms with Gasteiger partial charge in [-0.3, -0.25) is 13.8 Å². The van der Waals surface area contributed by atoms with Crippen LogP contribution in [0.4, 0.5) is 5.69 Å². The maximum atomic E-state index is 12.7. The number of para-hydroxylation sites is 2. The standard InChI is InChI=1S/C22H17N5O4/c1-30-18-8-7-14(16-12-26-10-4-9-23-21(26)25-16)11-15(18)24-20(28)13-27-17-5-2-3-6-19(17)31-22(27)29/h2-12H,13H2,1H3,(H,24,28). The third-order valence-electron chi connectivity index (χ3n) is 4.88. The van der Waals surface area contributed by atoms with Gasteiger partial charge in [0.05, 0.1) is 24.0 Å². The average molecular weight is 415 g/mol. The summed E-state index contributed by atoms with van der Waals surface area (Å²) in [6.07, 6.45) is 5.39. The zero-order valence-corrected chi connectivity index (χ0v) is 16.5. The van der Waals surface area contributed by atoms with Crippen molar-refractivity contribution in [3.05, 3.63) is 77.7 Å². The number of ether oxygens (including phenoxy) is 1. The van der Waals surface area contributed by atoms with Crippen LogP contribution in [-0.2, 0) is 11.3 Å². The van der Waals surface area contributed by atoms with Gasteiger partial charge in [0.2, 0.25) is 11.7 Å². The predicted molar refractivity (Wildman–Crippen MR) is 114 cm³/mol. The summed E-state index contributed by atoms with van der Waals surface area (Å²) < 4.78 is 13.7. The van der Waals surface area contributed by atoms with E-state index in [1.54, 1.807) is 42.6 Å². The first-order valence-electron chi connectivity index (χ1n) is 9.49. The van der Waals surface area contributed by atoms with E-state index in [9.17, 15) is 9.59 Å². The van der Waals surface area contributed by atoms with Crippen molar-refractivity contribution in [2.24, 2.45) is 0 Å². The number of rotatable bonds is 5. The molecular formula is C22H17N5O4. The number of amides is 1. The first-order chi connectivity index (χ1) is 15.1. The molecule has 9 heteroatoms. The largest absolute Gasteiger partial charge is 0.495 e. The molecule has 0 unspecified atom stereocenters. The Morgan fingerprint density at radius 1 is 1.19 bits per heavy atom. The van der Waals surface area contributed by atoms with Crippen LogP contribution in [0.3, 0.4) is 0 Å².